The van der Waals surface area contributed by atoms with Gasteiger partial charge in [0.05, 0.1) is 5.56 Å². The Kier molecular flexibility index (Phi) is 5.73. The molecule has 0 aromatic heterocycles. The van der Waals surface area contributed by atoms with Crippen LogP contribution in [-0.4, -0.2) is 35.0 Å². The van der Waals surface area contributed by atoms with Gasteiger partial charge in [-0.05, 0) is 34.1 Å². The molecule has 0 saturated carbocycles. The molecule has 1 aliphatic rings. The van der Waals surface area contributed by atoms with E-state index in [1.165, 1.54) is 11.5 Å². The SMILES string of the molecule is O=C(NCC1CSCCS1)c1ccc(Cl)cc1Br. The standard InChI is InChI=1S/C12H13BrClNOS2/c13-11-5-8(14)1-2-10(11)12(16)15-6-9-7-17-3-4-18-9/h1-2,5,9H,3-4,6-7H2,(H,15,16). The van der Waals surface area contributed by atoms with Crippen LogP contribution in [0.4, 0.5) is 0 Å². The fraction of sp³-hybridized carbons (Fsp3) is 0.417. The monoisotopic (exact) mass is 365 g/mol. The molecule has 1 amide bonds. The first-order chi connectivity index (χ1) is 8.66. The highest BCUT2D eigenvalue weighted by molar-refractivity contribution is 9.10. The van der Waals surface area contributed by atoms with Gasteiger partial charge >= 0.3 is 0 Å². The number of thioether (sulfide) groups is 2. The van der Waals surface area contributed by atoms with Crippen LogP contribution in [0, 0.1) is 0 Å². The Labute approximate surface area is 129 Å². The van der Waals surface area contributed by atoms with Gasteiger partial charge in [0.2, 0.25) is 0 Å². The second-order valence-corrected chi connectivity index (χ2v) is 7.75. The third-order valence-electron chi connectivity index (χ3n) is 2.55. The van der Waals surface area contributed by atoms with Crippen molar-refractivity contribution in [3.05, 3.63) is 33.3 Å². The summed E-state index contributed by atoms with van der Waals surface area (Å²) in [6.45, 7) is 0.728. The van der Waals surface area contributed by atoms with Crippen molar-refractivity contribution in [3.63, 3.8) is 0 Å². The van der Waals surface area contributed by atoms with Crippen molar-refractivity contribution in [3.8, 4) is 0 Å². The maximum atomic E-state index is 12.0. The molecule has 0 bridgehead atoms. The number of hydrogen-bond donors (Lipinski definition) is 1. The molecule has 1 atom stereocenters. The molecule has 0 aliphatic carbocycles. The maximum Gasteiger partial charge on any atom is 0.252 e. The molecular weight excluding hydrogens is 354 g/mol. The van der Waals surface area contributed by atoms with Crippen LogP contribution < -0.4 is 5.32 Å². The average molecular weight is 367 g/mol. The fourth-order valence-corrected chi connectivity index (χ4v) is 5.10. The summed E-state index contributed by atoms with van der Waals surface area (Å²) in [7, 11) is 0. The van der Waals surface area contributed by atoms with E-state index in [1.54, 1.807) is 18.2 Å². The Bertz CT molecular complexity index is 438. The van der Waals surface area contributed by atoms with E-state index in [1.807, 2.05) is 23.5 Å². The van der Waals surface area contributed by atoms with Crippen LogP contribution >= 0.6 is 51.1 Å². The Morgan fingerprint density at radius 2 is 2.33 bits per heavy atom. The first kappa shape index (κ1) is 14.6. The van der Waals surface area contributed by atoms with Crippen molar-refractivity contribution in [1.29, 1.82) is 0 Å². The molecule has 2 rings (SSSR count). The second kappa shape index (κ2) is 7.08. The molecule has 0 spiro atoms. The van der Waals surface area contributed by atoms with Crippen LogP contribution in [0.2, 0.25) is 5.02 Å². The minimum absolute atomic E-state index is 0.0466. The summed E-state index contributed by atoms with van der Waals surface area (Å²) in [5.41, 5.74) is 0.632. The smallest absolute Gasteiger partial charge is 0.252 e. The number of amides is 1. The lowest BCUT2D eigenvalue weighted by Gasteiger charge is -2.21. The average Bonchev–Trinajstić information content (AvgIpc) is 2.37. The van der Waals surface area contributed by atoms with Crippen molar-refractivity contribution in [2.45, 2.75) is 5.25 Å². The summed E-state index contributed by atoms with van der Waals surface area (Å²) in [6.07, 6.45) is 0. The van der Waals surface area contributed by atoms with Crippen molar-refractivity contribution in [2.75, 3.05) is 23.8 Å². The zero-order valence-electron chi connectivity index (χ0n) is 9.62. The van der Waals surface area contributed by atoms with Gasteiger partial charge in [-0.3, -0.25) is 4.79 Å². The van der Waals surface area contributed by atoms with Gasteiger partial charge < -0.3 is 5.32 Å². The molecule has 2 nitrogen and oxygen atoms in total. The molecule has 1 saturated heterocycles. The summed E-state index contributed by atoms with van der Waals surface area (Å²) >= 11 is 13.1. The number of rotatable bonds is 3. The number of halogens is 2. The summed E-state index contributed by atoms with van der Waals surface area (Å²) < 4.78 is 0.734. The van der Waals surface area contributed by atoms with Gasteiger partial charge in [-0.25, -0.2) is 0 Å². The number of carbonyl (C=O) groups excluding carboxylic acids is 1. The number of carbonyl (C=O) groups is 1. The third kappa shape index (κ3) is 4.08. The largest absolute Gasteiger partial charge is 0.351 e. The molecular formula is C12H13BrClNOS2. The highest BCUT2D eigenvalue weighted by atomic mass is 79.9. The van der Waals surface area contributed by atoms with Crippen LogP contribution in [0.5, 0.6) is 0 Å². The van der Waals surface area contributed by atoms with Crippen LogP contribution in [-0.2, 0) is 0 Å². The van der Waals surface area contributed by atoms with Crippen molar-refractivity contribution < 1.29 is 4.79 Å². The van der Waals surface area contributed by atoms with Crippen LogP contribution in [0.1, 0.15) is 10.4 Å². The second-order valence-electron chi connectivity index (χ2n) is 3.90. The quantitative estimate of drug-likeness (QED) is 0.885. The van der Waals surface area contributed by atoms with Crippen molar-refractivity contribution >= 4 is 57.0 Å². The van der Waals surface area contributed by atoms with E-state index in [0.717, 1.165) is 16.8 Å². The van der Waals surface area contributed by atoms with Crippen LogP contribution in [0.3, 0.4) is 0 Å². The lowest BCUT2D eigenvalue weighted by Crippen LogP contribution is -2.33. The predicted molar refractivity (Wildman–Crippen MR) is 85.1 cm³/mol. The summed E-state index contributed by atoms with van der Waals surface area (Å²) in [4.78, 5) is 12.0. The van der Waals surface area contributed by atoms with E-state index in [-0.39, 0.29) is 5.91 Å². The number of benzene rings is 1. The maximum absolute atomic E-state index is 12.0. The lowest BCUT2D eigenvalue weighted by molar-refractivity contribution is 0.0953. The molecule has 1 N–H and O–H groups in total. The van der Waals surface area contributed by atoms with Gasteiger partial charge in [0, 0.05) is 38.5 Å². The van der Waals surface area contributed by atoms with Gasteiger partial charge in [-0.1, -0.05) is 11.6 Å². The topological polar surface area (TPSA) is 29.1 Å². The normalized spacial score (nSPS) is 19.6. The fourth-order valence-electron chi connectivity index (χ4n) is 1.63. The van der Waals surface area contributed by atoms with Gasteiger partial charge in [0.1, 0.15) is 0 Å². The van der Waals surface area contributed by atoms with E-state index in [4.69, 9.17) is 11.6 Å². The van der Waals surface area contributed by atoms with Crippen molar-refractivity contribution in [2.24, 2.45) is 0 Å². The predicted octanol–water partition coefficient (Wildman–Crippen LogP) is 3.68. The third-order valence-corrected chi connectivity index (χ3v) is 6.29. The zero-order valence-corrected chi connectivity index (χ0v) is 13.6. The van der Waals surface area contributed by atoms with E-state index in [9.17, 15) is 4.79 Å². The molecule has 18 heavy (non-hydrogen) atoms. The van der Waals surface area contributed by atoms with E-state index in [2.05, 4.69) is 21.2 Å². The van der Waals surface area contributed by atoms with E-state index >= 15 is 0 Å². The minimum Gasteiger partial charge on any atom is -0.351 e. The first-order valence-corrected chi connectivity index (χ1v) is 8.97. The number of hydrogen-bond acceptors (Lipinski definition) is 3. The van der Waals surface area contributed by atoms with Crippen molar-refractivity contribution in [1.82, 2.24) is 5.32 Å². The highest BCUT2D eigenvalue weighted by Crippen LogP contribution is 2.24. The molecule has 6 heteroatoms. The van der Waals surface area contributed by atoms with Crippen LogP contribution in [0.15, 0.2) is 22.7 Å². The molecule has 1 aromatic carbocycles. The molecule has 1 fully saturated rings. The summed E-state index contributed by atoms with van der Waals surface area (Å²) in [6, 6.07) is 5.21. The Morgan fingerprint density at radius 3 is 3.00 bits per heavy atom. The highest BCUT2D eigenvalue weighted by Gasteiger charge is 2.16. The molecule has 0 radical (unpaired) electrons. The Balaban J connectivity index is 1.90. The van der Waals surface area contributed by atoms with Gasteiger partial charge in [-0.2, -0.15) is 23.5 Å². The summed E-state index contributed by atoms with van der Waals surface area (Å²) in [5, 5.41) is 4.13. The number of nitrogens with one attached hydrogen (secondary N) is 1. The summed E-state index contributed by atoms with van der Waals surface area (Å²) in [5.74, 6) is 3.47. The molecule has 1 unspecified atom stereocenters. The molecule has 1 aliphatic heterocycles. The lowest BCUT2D eigenvalue weighted by atomic mass is 10.2. The molecule has 1 heterocycles. The Hall–Kier alpha value is 0.160. The van der Waals surface area contributed by atoms with Gasteiger partial charge in [0.25, 0.3) is 5.91 Å². The molecule has 1 aromatic rings. The van der Waals surface area contributed by atoms with Gasteiger partial charge in [-0.15, -0.1) is 0 Å². The minimum atomic E-state index is -0.0466. The van der Waals surface area contributed by atoms with Crippen LogP contribution in [0.25, 0.3) is 0 Å². The van der Waals surface area contributed by atoms with Gasteiger partial charge in [0.15, 0.2) is 0 Å². The Morgan fingerprint density at radius 1 is 1.50 bits per heavy atom. The first-order valence-electron chi connectivity index (χ1n) is 5.59. The molecule has 98 valence electrons. The zero-order chi connectivity index (χ0) is 13.0. The van der Waals surface area contributed by atoms with E-state index in [0.29, 0.717) is 15.8 Å². The van der Waals surface area contributed by atoms with E-state index < -0.39 is 0 Å².